The molecule has 0 spiro atoms. The molecule has 0 saturated heterocycles. The number of hydrogen-bond donors (Lipinski definition) is 1. The first-order valence-electron chi connectivity index (χ1n) is 6.43. The molecule has 1 aliphatic carbocycles. The van der Waals surface area contributed by atoms with Crippen LogP contribution in [0.2, 0.25) is 0 Å². The predicted molar refractivity (Wildman–Crippen MR) is 72.5 cm³/mol. The summed E-state index contributed by atoms with van der Waals surface area (Å²) in [6, 6.07) is 11.4. The van der Waals surface area contributed by atoms with Crippen LogP contribution in [0.1, 0.15) is 29.0 Å². The highest BCUT2D eigenvalue weighted by Gasteiger charge is 2.34. The molecule has 1 aromatic carbocycles. The van der Waals surface area contributed by atoms with Crippen LogP contribution >= 0.6 is 0 Å². The smallest absolute Gasteiger partial charge is 0.290 e. The fourth-order valence-electron chi connectivity index (χ4n) is 2.18. The third kappa shape index (κ3) is 2.62. The Morgan fingerprint density at radius 1 is 1.32 bits per heavy atom. The second kappa shape index (κ2) is 4.80. The maximum absolute atomic E-state index is 12.4. The van der Waals surface area contributed by atoms with Crippen LogP contribution in [0.15, 0.2) is 47.1 Å². The third-order valence-electron chi connectivity index (χ3n) is 3.28. The summed E-state index contributed by atoms with van der Waals surface area (Å²) in [5.41, 5.74) is 7.54. The average molecular weight is 256 g/mol. The Bertz CT molecular complexity index is 574. The van der Waals surface area contributed by atoms with Gasteiger partial charge in [-0.1, -0.05) is 12.1 Å². The number of carbonyl (C=O) groups excluding carboxylic acids is 1. The van der Waals surface area contributed by atoms with E-state index in [4.69, 9.17) is 10.2 Å². The lowest BCUT2D eigenvalue weighted by Gasteiger charge is -2.21. The lowest BCUT2D eigenvalue weighted by atomic mass is 10.2. The maximum Gasteiger partial charge on any atom is 0.290 e. The van der Waals surface area contributed by atoms with Crippen molar-refractivity contribution in [2.24, 2.45) is 0 Å². The van der Waals surface area contributed by atoms with Crippen molar-refractivity contribution >= 4 is 11.6 Å². The van der Waals surface area contributed by atoms with Gasteiger partial charge in [-0.05, 0) is 42.7 Å². The van der Waals surface area contributed by atoms with Crippen LogP contribution < -0.4 is 5.73 Å². The molecule has 0 atom stereocenters. The molecule has 19 heavy (non-hydrogen) atoms. The molecule has 1 aromatic heterocycles. The lowest BCUT2D eigenvalue weighted by molar-refractivity contribution is 0.0697. The summed E-state index contributed by atoms with van der Waals surface area (Å²) < 4.78 is 5.20. The van der Waals surface area contributed by atoms with E-state index in [-0.39, 0.29) is 5.91 Å². The van der Waals surface area contributed by atoms with Crippen molar-refractivity contribution < 1.29 is 9.21 Å². The third-order valence-corrected chi connectivity index (χ3v) is 3.28. The van der Waals surface area contributed by atoms with Gasteiger partial charge in [-0.3, -0.25) is 4.79 Å². The second-order valence-electron chi connectivity index (χ2n) is 4.89. The van der Waals surface area contributed by atoms with E-state index in [0.717, 1.165) is 24.1 Å². The van der Waals surface area contributed by atoms with Gasteiger partial charge in [0.1, 0.15) is 0 Å². The fourth-order valence-corrected chi connectivity index (χ4v) is 2.18. The number of carbonyl (C=O) groups is 1. The van der Waals surface area contributed by atoms with Gasteiger partial charge < -0.3 is 15.1 Å². The van der Waals surface area contributed by atoms with E-state index in [9.17, 15) is 4.79 Å². The van der Waals surface area contributed by atoms with Crippen LogP contribution in [-0.2, 0) is 6.54 Å². The minimum Gasteiger partial charge on any atom is -0.459 e. The van der Waals surface area contributed by atoms with E-state index < -0.39 is 0 Å². The van der Waals surface area contributed by atoms with Crippen LogP contribution in [0, 0.1) is 0 Å². The molecule has 3 rings (SSSR count). The number of hydrogen-bond acceptors (Lipinski definition) is 3. The molecular weight excluding hydrogens is 240 g/mol. The van der Waals surface area contributed by atoms with E-state index in [1.165, 1.54) is 6.26 Å². The molecule has 1 aliphatic rings. The van der Waals surface area contributed by atoms with Gasteiger partial charge >= 0.3 is 0 Å². The molecule has 4 heteroatoms. The van der Waals surface area contributed by atoms with Gasteiger partial charge in [0.05, 0.1) is 6.26 Å². The monoisotopic (exact) mass is 256 g/mol. The minimum atomic E-state index is -0.0464. The summed E-state index contributed by atoms with van der Waals surface area (Å²) in [6.45, 7) is 0.579. The topological polar surface area (TPSA) is 59.5 Å². The highest BCUT2D eigenvalue weighted by molar-refractivity contribution is 5.91. The summed E-state index contributed by atoms with van der Waals surface area (Å²) in [5, 5.41) is 0. The first-order valence-corrected chi connectivity index (χ1v) is 6.43. The van der Waals surface area contributed by atoms with E-state index in [0.29, 0.717) is 18.3 Å². The van der Waals surface area contributed by atoms with E-state index in [1.807, 2.05) is 29.2 Å². The van der Waals surface area contributed by atoms with Gasteiger partial charge in [-0.2, -0.15) is 0 Å². The fraction of sp³-hybridized carbons (Fsp3) is 0.267. The highest BCUT2D eigenvalue weighted by Crippen LogP contribution is 2.30. The standard InChI is InChI=1S/C15H16N2O2/c16-12-4-1-3-11(9-12)10-17(13-6-7-13)15(18)14-5-2-8-19-14/h1-5,8-9,13H,6-7,10,16H2. The van der Waals surface area contributed by atoms with Crippen LogP contribution in [0.5, 0.6) is 0 Å². The zero-order chi connectivity index (χ0) is 13.2. The van der Waals surface area contributed by atoms with E-state index in [2.05, 4.69) is 0 Å². The average Bonchev–Trinajstić information content (AvgIpc) is 3.09. The molecule has 1 heterocycles. The molecule has 0 unspecified atom stereocenters. The zero-order valence-corrected chi connectivity index (χ0v) is 10.6. The minimum absolute atomic E-state index is 0.0464. The Hall–Kier alpha value is -2.23. The Morgan fingerprint density at radius 2 is 2.16 bits per heavy atom. The van der Waals surface area contributed by atoms with Gasteiger partial charge in [-0.15, -0.1) is 0 Å². The van der Waals surface area contributed by atoms with Gasteiger partial charge in [0.15, 0.2) is 5.76 Å². The SMILES string of the molecule is Nc1cccc(CN(C(=O)c2ccco2)C2CC2)c1. The summed E-state index contributed by atoms with van der Waals surface area (Å²) in [7, 11) is 0. The van der Waals surface area contributed by atoms with Crippen molar-refractivity contribution in [3.63, 3.8) is 0 Å². The molecule has 0 radical (unpaired) electrons. The number of rotatable bonds is 4. The molecule has 1 fully saturated rings. The van der Waals surface area contributed by atoms with Crippen molar-refractivity contribution in [2.75, 3.05) is 5.73 Å². The van der Waals surface area contributed by atoms with Gasteiger partial charge in [0.25, 0.3) is 5.91 Å². The Morgan fingerprint density at radius 3 is 2.79 bits per heavy atom. The number of amides is 1. The quantitative estimate of drug-likeness (QED) is 0.855. The summed E-state index contributed by atoms with van der Waals surface area (Å²) >= 11 is 0. The second-order valence-corrected chi connectivity index (χ2v) is 4.89. The number of benzene rings is 1. The van der Waals surface area contributed by atoms with Crippen LogP contribution in [-0.4, -0.2) is 16.8 Å². The number of nitrogens with zero attached hydrogens (tertiary/aromatic N) is 1. The Kier molecular flexibility index (Phi) is 2.99. The molecule has 0 bridgehead atoms. The van der Waals surface area contributed by atoms with Gasteiger partial charge in [-0.25, -0.2) is 0 Å². The number of nitrogens with two attached hydrogens (primary N) is 1. The number of furan rings is 1. The first kappa shape index (κ1) is 11.8. The van der Waals surface area contributed by atoms with Crippen molar-refractivity contribution in [3.05, 3.63) is 54.0 Å². The molecule has 2 N–H and O–H groups in total. The largest absolute Gasteiger partial charge is 0.459 e. The van der Waals surface area contributed by atoms with Crippen LogP contribution in [0.25, 0.3) is 0 Å². The Balaban J connectivity index is 1.80. The van der Waals surface area contributed by atoms with Crippen molar-refractivity contribution in [2.45, 2.75) is 25.4 Å². The number of nitrogen functional groups attached to an aromatic ring is 1. The van der Waals surface area contributed by atoms with Crippen molar-refractivity contribution in [3.8, 4) is 0 Å². The number of anilines is 1. The summed E-state index contributed by atoms with van der Waals surface area (Å²) in [5.74, 6) is 0.353. The van der Waals surface area contributed by atoms with Crippen molar-refractivity contribution in [1.82, 2.24) is 4.90 Å². The Labute approximate surface area is 111 Å². The van der Waals surface area contributed by atoms with E-state index >= 15 is 0 Å². The lowest BCUT2D eigenvalue weighted by Crippen LogP contribution is -2.32. The normalized spacial score (nSPS) is 14.3. The molecule has 1 amide bonds. The van der Waals surface area contributed by atoms with Crippen LogP contribution in [0.4, 0.5) is 5.69 Å². The summed E-state index contributed by atoms with van der Waals surface area (Å²) in [6.07, 6.45) is 3.66. The zero-order valence-electron chi connectivity index (χ0n) is 10.6. The van der Waals surface area contributed by atoms with Gasteiger partial charge in [0.2, 0.25) is 0 Å². The van der Waals surface area contributed by atoms with Crippen molar-refractivity contribution in [1.29, 1.82) is 0 Å². The molecule has 2 aromatic rings. The van der Waals surface area contributed by atoms with Gasteiger partial charge in [0, 0.05) is 18.3 Å². The molecule has 4 nitrogen and oxygen atoms in total. The first-order chi connectivity index (χ1) is 9.24. The molecular formula is C15H16N2O2. The predicted octanol–water partition coefficient (Wildman–Crippen LogP) is 2.67. The molecule has 0 aliphatic heterocycles. The maximum atomic E-state index is 12.4. The highest BCUT2D eigenvalue weighted by atomic mass is 16.3. The molecule has 1 saturated carbocycles. The molecule has 98 valence electrons. The summed E-state index contributed by atoms with van der Waals surface area (Å²) in [4.78, 5) is 14.2. The van der Waals surface area contributed by atoms with Crippen LogP contribution in [0.3, 0.4) is 0 Å². The van der Waals surface area contributed by atoms with E-state index in [1.54, 1.807) is 12.1 Å².